The second-order valence-electron chi connectivity index (χ2n) is 8.02. The summed E-state index contributed by atoms with van der Waals surface area (Å²) in [5, 5.41) is 0. The van der Waals surface area contributed by atoms with E-state index < -0.39 is 42.4 Å². The van der Waals surface area contributed by atoms with Crippen LogP contribution in [0.1, 0.15) is 27.0 Å². The predicted molar refractivity (Wildman–Crippen MR) is 123 cm³/mol. The Balaban J connectivity index is 1.60. The Bertz CT molecular complexity index is 1480. The summed E-state index contributed by atoms with van der Waals surface area (Å²) < 4.78 is 26.4. The van der Waals surface area contributed by atoms with Gasteiger partial charge in [-0.1, -0.05) is 15.9 Å². The number of imidazole rings is 2. The molecule has 4 atom stereocenters. The first-order chi connectivity index (χ1) is 16.7. The molecule has 4 aromatic rings. The zero-order valence-electron chi connectivity index (χ0n) is 18.9. The summed E-state index contributed by atoms with van der Waals surface area (Å²) >= 11 is 3.47. The molecule has 3 aromatic heterocycles. The van der Waals surface area contributed by atoms with Crippen molar-refractivity contribution in [2.75, 3.05) is 6.61 Å². The molecule has 182 valence electrons. The van der Waals surface area contributed by atoms with Crippen LogP contribution in [0.2, 0.25) is 0 Å². The number of carbonyl (C=O) groups is 3. The van der Waals surface area contributed by atoms with E-state index in [9.17, 15) is 14.4 Å². The number of halogens is 1. The maximum atomic E-state index is 11.9. The minimum Gasteiger partial charge on any atom is -0.463 e. The molecule has 0 radical (unpaired) electrons. The Morgan fingerprint density at radius 1 is 1.00 bits per heavy atom. The van der Waals surface area contributed by atoms with Crippen LogP contribution in [0.4, 0.5) is 0 Å². The van der Waals surface area contributed by atoms with Gasteiger partial charge in [0.15, 0.2) is 35.2 Å². The molecule has 0 bridgehead atoms. The van der Waals surface area contributed by atoms with Crippen molar-refractivity contribution in [3.05, 3.63) is 35.3 Å². The second kappa shape index (κ2) is 8.89. The van der Waals surface area contributed by atoms with Crippen LogP contribution >= 0.6 is 15.9 Å². The lowest BCUT2D eigenvalue weighted by atomic mass is 10.1. The highest BCUT2D eigenvalue weighted by Crippen LogP contribution is 2.36. The first-order valence-corrected chi connectivity index (χ1v) is 11.4. The Morgan fingerprint density at radius 2 is 1.74 bits per heavy atom. The maximum absolute atomic E-state index is 11.9. The van der Waals surface area contributed by atoms with Crippen LogP contribution in [0.15, 0.2) is 35.3 Å². The summed E-state index contributed by atoms with van der Waals surface area (Å²) in [7, 11) is 0. The molecular weight excluding hydrogens is 526 g/mol. The van der Waals surface area contributed by atoms with Crippen molar-refractivity contribution in [2.45, 2.75) is 45.3 Å². The monoisotopic (exact) mass is 545 g/mol. The third-order valence-corrected chi connectivity index (χ3v) is 6.03. The van der Waals surface area contributed by atoms with E-state index in [0.717, 1.165) is 15.5 Å². The molecule has 1 aliphatic heterocycles. The molecule has 1 fully saturated rings. The normalized spacial score (nSPS) is 22.1. The van der Waals surface area contributed by atoms with Crippen molar-refractivity contribution in [1.29, 1.82) is 0 Å². The molecule has 4 heterocycles. The smallest absolute Gasteiger partial charge is 0.303 e. The summed E-state index contributed by atoms with van der Waals surface area (Å²) in [6.45, 7) is 3.52. The Hall–Kier alpha value is -3.58. The molecule has 0 amide bonds. The molecular formula is C22H20BrN5O7. The van der Waals surface area contributed by atoms with E-state index in [-0.39, 0.29) is 6.61 Å². The van der Waals surface area contributed by atoms with Gasteiger partial charge in [-0.25, -0.2) is 15.0 Å². The van der Waals surface area contributed by atoms with Crippen LogP contribution in [0.5, 0.6) is 0 Å². The van der Waals surface area contributed by atoms with Crippen LogP contribution in [0.3, 0.4) is 0 Å². The van der Waals surface area contributed by atoms with Gasteiger partial charge in [-0.15, -0.1) is 0 Å². The van der Waals surface area contributed by atoms with Crippen molar-refractivity contribution in [2.24, 2.45) is 0 Å². The molecule has 1 saturated heterocycles. The minimum absolute atomic E-state index is 0.202. The van der Waals surface area contributed by atoms with Gasteiger partial charge in [-0.05, 0) is 18.2 Å². The molecule has 1 aliphatic rings. The first kappa shape index (κ1) is 23.2. The number of fused-ring (bicyclic) bond motifs is 5. The van der Waals surface area contributed by atoms with E-state index in [1.165, 1.54) is 27.1 Å². The first-order valence-electron chi connectivity index (χ1n) is 10.6. The number of hydrogen-bond acceptors (Lipinski definition) is 10. The van der Waals surface area contributed by atoms with Crippen LogP contribution in [-0.4, -0.2) is 66.7 Å². The average molecular weight is 546 g/mol. The number of ether oxygens (including phenoxy) is 4. The second-order valence-corrected chi connectivity index (χ2v) is 8.94. The number of benzene rings is 1. The number of aromatic nitrogens is 5. The molecule has 12 nitrogen and oxygen atoms in total. The van der Waals surface area contributed by atoms with Crippen LogP contribution in [-0.2, 0) is 33.3 Å². The molecule has 1 unspecified atom stereocenters. The summed E-state index contributed by atoms with van der Waals surface area (Å²) in [5.41, 5.74) is 3.12. The third kappa shape index (κ3) is 4.21. The van der Waals surface area contributed by atoms with E-state index in [2.05, 4.69) is 30.9 Å². The van der Waals surface area contributed by atoms with E-state index in [0.29, 0.717) is 16.8 Å². The standard InChI is InChI=1S/C22H20BrN5O7/c1-10(29)32-7-16-18(33-11(2)30)19(34-12(3)31)22(35-16)28-8-24-17-20(28)25-9-27-15-6-13(23)4-5-14(15)26-21(17)27/h4-6,8-9,16,18-19,22H,7H2,1-3H3/t16-,18+,19-,22?/m0/s1. The Morgan fingerprint density at radius 3 is 2.46 bits per heavy atom. The van der Waals surface area contributed by atoms with Crippen molar-refractivity contribution in [1.82, 2.24) is 23.9 Å². The number of carbonyl (C=O) groups excluding carboxylic acids is 3. The summed E-state index contributed by atoms with van der Waals surface area (Å²) in [4.78, 5) is 48.9. The number of nitrogens with zero attached hydrogens (tertiary/aromatic N) is 5. The number of rotatable bonds is 5. The van der Waals surface area contributed by atoms with Crippen molar-refractivity contribution in [3.63, 3.8) is 0 Å². The molecule has 0 spiro atoms. The summed E-state index contributed by atoms with van der Waals surface area (Å²) in [6, 6.07) is 5.71. The van der Waals surface area contributed by atoms with E-state index in [1.807, 2.05) is 22.6 Å². The Labute approximate surface area is 206 Å². The quantitative estimate of drug-likeness (QED) is 0.271. The Kier molecular flexibility index (Phi) is 5.89. The molecule has 5 rings (SSSR count). The molecule has 13 heteroatoms. The molecule has 0 saturated carbocycles. The molecule has 0 aliphatic carbocycles. The van der Waals surface area contributed by atoms with Crippen LogP contribution < -0.4 is 0 Å². The molecule has 35 heavy (non-hydrogen) atoms. The van der Waals surface area contributed by atoms with Crippen LogP contribution in [0, 0.1) is 0 Å². The summed E-state index contributed by atoms with van der Waals surface area (Å²) in [6.07, 6.45) is -0.789. The highest BCUT2D eigenvalue weighted by molar-refractivity contribution is 9.10. The van der Waals surface area contributed by atoms with Crippen molar-refractivity contribution >= 4 is 61.7 Å². The lowest BCUT2D eigenvalue weighted by Crippen LogP contribution is -2.40. The van der Waals surface area contributed by atoms with Crippen LogP contribution in [0.25, 0.3) is 27.8 Å². The fourth-order valence-corrected chi connectivity index (χ4v) is 4.55. The fraction of sp³-hybridized carbons (Fsp3) is 0.364. The largest absolute Gasteiger partial charge is 0.463 e. The minimum atomic E-state index is -1.04. The SMILES string of the molecule is CC(=O)OC[C@@H]1OC(n2cnc3c2ncn2c4cc(Br)ccc4nc32)[C@@H](OC(C)=O)[C@@H]1OC(C)=O. The topological polar surface area (TPSA) is 136 Å². The van der Waals surface area contributed by atoms with Gasteiger partial charge in [-0.3, -0.25) is 23.4 Å². The maximum Gasteiger partial charge on any atom is 0.303 e. The zero-order chi connectivity index (χ0) is 24.9. The number of esters is 3. The van der Waals surface area contributed by atoms with Crippen molar-refractivity contribution in [3.8, 4) is 0 Å². The molecule has 0 N–H and O–H groups in total. The van der Waals surface area contributed by atoms with Gasteiger partial charge in [0.05, 0.1) is 17.4 Å². The lowest BCUT2D eigenvalue weighted by molar-refractivity contribution is -0.166. The third-order valence-electron chi connectivity index (χ3n) is 5.54. The van der Waals surface area contributed by atoms with Gasteiger partial charge in [0, 0.05) is 25.2 Å². The predicted octanol–water partition coefficient (Wildman–Crippen LogP) is 2.32. The summed E-state index contributed by atoms with van der Waals surface area (Å²) in [5.74, 6) is -1.73. The van der Waals surface area contributed by atoms with Crippen molar-refractivity contribution < 1.29 is 33.3 Å². The zero-order valence-corrected chi connectivity index (χ0v) is 20.5. The van der Waals surface area contributed by atoms with Gasteiger partial charge in [0.25, 0.3) is 0 Å². The average Bonchev–Trinajstić information content (AvgIpc) is 3.45. The van der Waals surface area contributed by atoms with Gasteiger partial charge in [0.2, 0.25) is 0 Å². The fourth-order valence-electron chi connectivity index (χ4n) is 4.21. The van der Waals surface area contributed by atoms with E-state index in [1.54, 1.807) is 10.9 Å². The van der Waals surface area contributed by atoms with E-state index in [4.69, 9.17) is 18.9 Å². The van der Waals surface area contributed by atoms with E-state index >= 15 is 0 Å². The van der Waals surface area contributed by atoms with Gasteiger partial charge < -0.3 is 18.9 Å². The molecule has 1 aromatic carbocycles. The highest BCUT2D eigenvalue weighted by Gasteiger charge is 2.51. The van der Waals surface area contributed by atoms with Gasteiger partial charge in [-0.2, -0.15) is 0 Å². The van der Waals surface area contributed by atoms with Gasteiger partial charge in [0.1, 0.15) is 19.0 Å². The highest BCUT2D eigenvalue weighted by atomic mass is 79.9. The van der Waals surface area contributed by atoms with Gasteiger partial charge >= 0.3 is 17.9 Å². The lowest BCUT2D eigenvalue weighted by Gasteiger charge is -2.23. The number of hydrogen-bond donors (Lipinski definition) is 0.